The van der Waals surface area contributed by atoms with E-state index in [0.717, 1.165) is 0 Å². The normalized spacial score (nSPS) is 28.4. The maximum atomic E-state index is 11.1. The highest BCUT2D eigenvalue weighted by molar-refractivity contribution is 5.88. The number of carboxylic acids is 1. The van der Waals surface area contributed by atoms with Gasteiger partial charge in [0.25, 0.3) is 0 Å². The molecule has 0 amide bonds. The summed E-state index contributed by atoms with van der Waals surface area (Å²) >= 11 is 0. The second-order valence-corrected chi connectivity index (χ2v) is 4.50. The number of carbonyl (C=O) groups is 2. The van der Waals surface area contributed by atoms with Crippen LogP contribution in [0.15, 0.2) is 11.6 Å². The molecule has 0 heterocycles. The Balaban J connectivity index is 2.78. The van der Waals surface area contributed by atoms with E-state index in [9.17, 15) is 9.59 Å². The van der Waals surface area contributed by atoms with E-state index in [1.807, 2.05) is 13.8 Å². The third kappa shape index (κ3) is 2.03. The maximum absolute atomic E-state index is 11.1. The number of hydrogen-bond donors (Lipinski definition) is 1. The molecule has 0 aromatic carbocycles. The number of hydrogen-bond acceptors (Lipinski definition) is 3. The summed E-state index contributed by atoms with van der Waals surface area (Å²) in [5.41, 5.74) is 0.209. The number of ether oxygens (including phenoxy) is 1. The molecule has 0 bridgehead atoms. The summed E-state index contributed by atoms with van der Waals surface area (Å²) in [7, 11) is 1.31. The van der Waals surface area contributed by atoms with E-state index < -0.39 is 17.9 Å². The summed E-state index contributed by atoms with van der Waals surface area (Å²) in [5, 5.41) is 8.92. The van der Waals surface area contributed by atoms with Crippen molar-refractivity contribution in [2.24, 2.45) is 17.3 Å². The van der Waals surface area contributed by atoms with Crippen LogP contribution in [0.25, 0.3) is 0 Å². The molecule has 1 fully saturated rings. The molecule has 1 saturated carbocycles. The van der Waals surface area contributed by atoms with Gasteiger partial charge in [-0.25, -0.2) is 4.79 Å². The Hall–Kier alpha value is -1.32. The molecule has 0 unspecified atom stereocenters. The molecule has 0 aliphatic heterocycles. The Morgan fingerprint density at radius 2 is 1.93 bits per heavy atom. The quantitative estimate of drug-likeness (QED) is 0.568. The van der Waals surface area contributed by atoms with Gasteiger partial charge in [-0.05, 0) is 18.3 Å². The number of methoxy groups -OCH3 is 1. The topological polar surface area (TPSA) is 63.6 Å². The summed E-state index contributed by atoms with van der Waals surface area (Å²) in [4.78, 5) is 22.0. The van der Waals surface area contributed by atoms with Crippen LogP contribution >= 0.6 is 0 Å². The van der Waals surface area contributed by atoms with Gasteiger partial charge in [-0.15, -0.1) is 0 Å². The van der Waals surface area contributed by atoms with Crippen molar-refractivity contribution in [1.82, 2.24) is 0 Å². The molecule has 84 valence electrons. The minimum atomic E-state index is -0.807. The summed E-state index contributed by atoms with van der Waals surface area (Å²) in [5.74, 6) is -1.67. The van der Waals surface area contributed by atoms with Crippen molar-refractivity contribution in [3.63, 3.8) is 0 Å². The van der Waals surface area contributed by atoms with Gasteiger partial charge in [-0.1, -0.05) is 19.9 Å². The summed E-state index contributed by atoms with van der Waals surface area (Å²) in [6.07, 6.45) is 1.70. The lowest BCUT2D eigenvalue weighted by Gasteiger charge is -1.99. The van der Waals surface area contributed by atoms with Crippen LogP contribution < -0.4 is 0 Å². The van der Waals surface area contributed by atoms with Crippen molar-refractivity contribution in [3.8, 4) is 0 Å². The third-order valence-corrected chi connectivity index (χ3v) is 3.11. The average molecular weight is 212 g/mol. The Bertz CT molecular complexity index is 327. The Labute approximate surface area is 88.9 Å². The van der Waals surface area contributed by atoms with Crippen LogP contribution in [0.5, 0.6) is 0 Å². The van der Waals surface area contributed by atoms with Gasteiger partial charge in [0.2, 0.25) is 0 Å². The van der Waals surface area contributed by atoms with Gasteiger partial charge in [0.05, 0.1) is 13.0 Å². The van der Waals surface area contributed by atoms with Gasteiger partial charge < -0.3 is 9.84 Å². The van der Waals surface area contributed by atoms with Gasteiger partial charge >= 0.3 is 11.9 Å². The molecule has 0 aromatic heterocycles. The Morgan fingerprint density at radius 1 is 1.40 bits per heavy atom. The highest BCUT2D eigenvalue weighted by Crippen LogP contribution is 2.59. The molecule has 0 aromatic rings. The maximum Gasteiger partial charge on any atom is 0.333 e. The number of aliphatic carboxylic acids is 1. The van der Waals surface area contributed by atoms with Gasteiger partial charge in [-0.2, -0.15) is 0 Å². The first kappa shape index (κ1) is 11.8. The van der Waals surface area contributed by atoms with E-state index in [1.165, 1.54) is 7.11 Å². The van der Waals surface area contributed by atoms with E-state index >= 15 is 0 Å². The molecule has 0 saturated heterocycles. The number of rotatable bonds is 3. The van der Waals surface area contributed by atoms with Gasteiger partial charge in [-0.3, -0.25) is 4.79 Å². The molecule has 1 rings (SSSR count). The van der Waals surface area contributed by atoms with E-state index in [2.05, 4.69) is 4.74 Å². The van der Waals surface area contributed by atoms with Crippen LogP contribution in [0.2, 0.25) is 0 Å². The van der Waals surface area contributed by atoms with Crippen LogP contribution in [-0.4, -0.2) is 24.2 Å². The SMILES string of the molecule is COC(=O)C(C)=C[C@H]1[C@H](C(=O)O)C1(C)C. The fraction of sp³-hybridized carbons (Fsp3) is 0.636. The number of carboxylic acid groups (broad SMARTS) is 1. The molecular weight excluding hydrogens is 196 g/mol. The van der Waals surface area contributed by atoms with Crippen molar-refractivity contribution in [3.05, 3.63) is 11.6 Å². The van der Waals surface area contributed by atoms with Gasteiger partial charge in [0, 0.05) is 5.57 Å². The summed E-state index contributed by atoms with van der Waals surface area (Å²) in [6.45, 7) is 5.41. The monoisotopic (exact) mass is 212 g/mol. The van der Waals surface area contributed by atoms with Gasteiger partial charge in [0.1, 0.15) is 0 Å². The molecule has 2 atom stereocenters. The van der Waals surface area contributed by atoms with Crippen LogP contribution in [0.3, 0.4) is 0 Å². The minimum absolute atomic E-state index is 0.0749. The first-order chi connectivity index (χ1) is 6.82. The van der Waals surface area contributed by atoms with Crippen LogP contribution in [0, 0.1) is 17.3 Å². The second-order valence-electron chi connectivity index (χ2n) is 4.50. The molecule has 0 radical (unpaired) electrons. The van der Waals surface area contributed by atoms with E-state index in [-0.39, 0.29) is 11.3 Å². The molecule has 15 heavy (non-hydrogen) atoms. The third-order valence-electron chi connectivity index (χ3n) is 3.11. The largest absolute Gasteiger partial charge is 0.481 e. The summed E-state index contributed by atoms with van der Waals surface area (Å²) in [6, 6.07) is 0. The van der Waals surface area contributed by atoms with Gasteiger partial charge in [0.15, 0.2) is 0 Å². The zero-order valence-electron chi connectivity index (χ0n) is 9.40. The highest BCUT2D eigenvalue weighted by Gasteiger charge is 2.61. The Kier molecular flexibility index (Phi) is 2.88. The number of esters is 1. The van der Waals surface area contributed by atoms with Crippen molar-refractivity contribution in [2.75, 3.05) is 7.11 Å². The van der Waals surface area contributed by atoms with E-state index in [1.54, 1.807) is 13.0 Å². The molecule has 1 aliphatic rings. The first-order valence-electron chi connectivity index (χ1n) is 4.82. The lowest BCUT2D eigenvalue weighted by molar-refractivity contribution is -0.139. The zero-order chi connectivity index (χ0) is 11.8. The van der Waals surface area contributed by atoms with Crippen molar-refractivity contribution < 1.29 is 19.4 Å². The fourth-order valence-electron chi connectivity index (χ4n) is 1.96. The van der Waals surface area contributed by atoms with E-state index in [4.69, 9.17) is 5.11 Å². The van der Waals surface area contributed by atoms with Crippen LogP contribution in [0.4, 0.5) is 0 Å². The predicted molar refractivity (Wildman–Crippen MR) is 54.2 cm³/mol. The molecule has 0 spiro atoms. The lowest BCUT2D eigenvalue weighted by atomic mass is 10.1. The van der Waals surface area contributed by atoms with Crippen LogP contribution in [0.1, 0.15) is 20.8 Å². The van der Waals surface area contributed by atoms with E-state index in [0.29, 0.717) is 5.57 Å². The lowest BCUT2D eigenvalue weighted by Crippen LogP contribution is -2.03. The van der Waals surface area contributed by atoms with Crippen molar-refractivity contribution in [1.29, 1.82) is 0 Å². The second kappa shape index (κ2) is 3.68. The smallest absolute Gasteiger partial charge is 0.333 e. The molecule has 1 N–H and O–H groups in total. The standard InChI is InChI=1S/C11H16O4/c1-6(10(14)15-4)5-7-8(9(12)13)11(7,2)3/h5,7-8H,1-4H3,(H,12,13)/t7-,8+/m0/s1. The molecule has 1 aliphatic carbocycles. The highest BCUT2D eigenvalue weighted by atomic mass is 16.5. The van der Waals surface area contributed by atoms with Crippen LogP contribution in [-0.2, 0) is 14.3 Å². The average Bonchev–Trinajstić information content (AvgIpc) is 2.66. The number of allylic oxidation sites excluding steroid dienone is 1. The predicted octanol–water partition coefficient (Wildman–Crippen LogP) is 1.46. The fourth-order valence-corrected chi connectivity index (χ4v) is 1.96. The number of carbonyl (C=O) groups excluding carboxylic acids is 1. The Morgan fingerprint density at radius 3 is 2.27 bits per heavy atom. The zero-order valence-corrected chi connectivity index (χ0v) is 9.40. The molecular formula is C11H16O4. The summed E-state index contributed by atoms with van der Waals surface area (Å²) < 4.78 is 4.55. The van der Waals surface area contributed by atoms with Crippen molar-refractivity contribution in [2.45, 2.75) is 20.8 Å². The molecule has 4 nitrogen and oxygen atoms in total. The van der Waals surface area contributed by atoms with Crippen molar-refractivity contribution >= 4 is 11.9 Å². The first-order valence-corrected chi connectivity index (χ1v) is 4.82. The molecule has 4 heteroatoms. The minimum Gasteiger partial charge on any atom is -0.481 e.